The molecule has 0 fully saturated rings. The second-order valence-electron chi connectivity index (χ2n) is 3.89. The van der Waals surface area contributed by atoms with Crippen LogP contribution in [0.2, 0.25) is 0 Å². The molecule has 17 heavy (non-hydrogen) atoms. The minimum Gasteiger partial charge on any atom is -0.339 e. The molecule has 0 bridgehead atoms. The van der Waals surface area contributed by atoms with Crippen molar-refractivity contribution in [3.05, 3.63) is 35.1 Å². The SMILES string of the molecule is CCN(CCCBr)C(=O)c1ccc(F)c(C)c1. The largest absolute Gasteiger partial charge is 0.339 e. The van der Waals surface area contributed by atoms with Crippen molar-refractivity contribution >= 4 is 21.8 Å². The molecule has 0 aliphatic carbocycles. The van der Waals surface area contributed by atoms with Crippen molar-refractivity contribution in [2.75, 3.05) is 18.4 Å². The Labute approximate surface area is 110 Å². The number of aryl methyl sites for hydroxylation is 1. The molecule has 0 saturated heterocycles. The molecule has 1 aromatic carbocycles. The van der Waals surface area contributed by atoms with E-state index in [9.17, 15) is 9.18 Å². The van der Waals surface area contributed by atoms with Crippen LogP contribution in [0.1, 0.15) is 29.3 Å². The van der Waals surface area contributed by atoms with Crippen LogP contribution >= 0.6 is 15.9 Å². The maximum absolute atomic E-state index is 13.1. The fourth-order valence-corrected chi connectivity index (χ4v) is 1.86. The van der Waals surface area contributed by atoms with E-state index < -0.39 is 0 Å². The fraction of sp³-hybridized carbons (Fsp3) is 0.462. The van der Waals surface area contributed by atoms with Gasteiger partial charge in [-0.2, -0.15) is 0 Å². The molecule has 0 saturated carbocycles. The van der Waals surface area contributed by atoms with Crippen molar-refractivity contribution in [3.63, 3.8) is 0 Å². The lowest BCUT2D eigenvalue weighted by molar-refractivity contribution is 0.0765. The van der Waals surface area contributed by atoms with Crippen LogP contribution in [0, 0.1) is 12.7 Å². The van der Waals surface area contributed by atoms with Crippen molar-refractivity contribution in [1.82, 2.24) is 4.90 Å². The third-order valence-corrected chi connectivity index (χ3v) is 3.20. The normalized spacial score (nSPS) is 10.4. The summed E-state index contributed by atoms with van der Waals surface area (Å²) in [6, 6.07) is 4.50. The van der Waals surface area contributed by atoms with Crippen molar-refractivity contribution < 1.29 is 9.18 Å². The van der Waals surface area contributed by atoms with E-state index in [2.05, 4.69) is 15.9 Å². The lowest BCUT2D eigenvalue weighted by atomic mass is 10.1. The molecule has 0 aliphatic heterocycles. The Kier molecular flexibility index (Phi) is 5.62. The number of halogens is 2. The molecule has 0 N–H and O–H groups in total. The van der Waals surface area contributed by atoms with Gasteiger partial charge < -0.3 is 4.90 Å². The summed E-state index contributed by atoms with van der Waals surface area (Å²) in [5.74, 6) is -0.304. The highest BCUT2D eigenvalue weighted by Crippen LogP contribution is 2.12. The predicted octanol–water partition coefficient (Wildman–Crippen LogP) is 3.38. The number of hydrogen-bond acceptors (Lipinski definition) is 1. The Hall–Kier alpha value is -0.900. The Bertz CT molecular complexity index is 395. The van der Waals surface area contributed by atoms with Gasteiger partial charge in [0, 0.05) is 24.0 Å². The number of alkyl halides is 1. The summed E-state index contributed by atoms with van der Waals surface area (Å²) < 4.78 is 13.1. The average Bonchev–Trinajstić information content (AvgIpc) is 2.33. The maximum atomic E-state index is 13.1. The van der Waals surface area contributed by atoms with Gasteiger partial charge in [0.05, 0.1) is 0 Å². The molecule has 0 spiro atoms. The summed E-state index contributed by atoms with van der Waals surface area (Å²) in [7, 11) is 0. The minimum absolute atomic E-state index is 0.0310. The molecule has 0 heterocycles. The molecule has 4 heteroatoms. The number of amides is 1. The number of rotatable bonds is 5. The molecular weight excluding hydrogens is 285 g/mol. The minimum atomic E-state index is -0.273. The van der Waals surface area contributed by atoms with Gasteiger partial charge in [-0.3, -0.25) is 4.79 Å². The number of carbonyl (C=O) groups is 1. The molecule has 1 rings (SSSR count). The summed E-state index contributed by atoms with van der Waals surface area (Å²) >= 11 is 3.35. The Morgan fingerprint density at radius 1 is 1.47 bits per heavy atom. The van der Waals surface area contributed by atoms with Crippen molar-refractivity contribution in [2.24, 2.45) is 0 Å². The third kappa shape index (κ3) is 3.80. The van der Waals surface area contributed by atoms with Crippen molar-refractivity contribution in [1.29, 1.82) is 0 Å². The maximum Gasteiger partial charge on any atom is 0.253 e. The molecular formula is C13H17BrFNO. The topological polar surface area (TPSA) is 20.3 Å². The lowest BCUT2D eigenvalue weighted by Crippen LogP contribution is -2.32. The summed E-state index contributed by atoms with van der Waals surface area (Å²) in [5, 5.41) is 0.874. The van der Waals surface area contributed by atoms with Gasteiger partial charge in [-0.15, -0.1) is 0 Å². The first kappa shape index (κ1) is 14.2. The van der Waals surface area contributed by atoms with E-state index in [4.69, 9.17) is 0 Å². The van der Waals surface area contributed by atoms with E-state index in [-0.39, 0.29) is 11.7 Å². The summed E-state index contributed by atoms with van der Waals surface area (Å²) in [5.41, 5.74) is 1.06. The zero-order valence-corrected chi connectivity index (χ0v) is 11.8. The van der Waals surface area contributed by atoms with Crippen LogP contribution in [0.25, 0.3) is 0 Å². The Morgan fingerprint density at radius 2 is 2.18 bits per heavy atom. The highest BCUT2D eigenvalue weighted by molar-refractivity contribution is 9.09. The first-order valence-corrected chi connectivity index (χ1v) is 6.83. The summed E-state index contributed by atoms with van der Waals surface area (Å²) in [6.45, 7) is 5.00. The highest BCUT2D eigenvalue weighted by atomic mass is 79.9. The second kappa shape index (κ2) is 6.74. The lowest BCUT2D eigenvalue weighted by Gasteiger charge is -2.20. The first-order chi connectivity index (χ1) is 8.10. The standard InChI is InChI=1S/C13H17BrFNO/c1-3-16(8-4-7-14)13(17)11-5-6-12(15)10(2)9-11/h5-6,9H,3-4,7-8H2,1-2H3. The molecule has 1 amide bonds. The molecule has 0 aliphatic rings. The van der Waals surface area contributed by atoms with Crippen LogP contribution in [0.5, 0.6) is 0 Å². The molecule has 94 valence electrons. The van der Waals surface area contributed by atoms with Crippen LogP contribution in [0.4, 0.5) is 4.39 Å². The van der Waals surface area contributed by atoms with Gasteiger partial charge in [0.2, 0.25) is 0 Å². The molecule has 0 radical (unpaired) electrons. The average molecular weight is 302 g/mol. The number of nitrogens with zero attached hydrogens (tertiary/aromatic N) is 1. The van der Waals surface area contributed by atoms with Gasteiger partial charge in [-0.1, -0.05) is 15.9 Å². The highest BCUT2D eigenvalue weighted by Gasteiger charge is 2.14. The van der Waals surface area contributed by atoms with E-state index in [1.165, 1.54) is 6.07 Å². The number of carbonyl (C=O) groups excluding carboxylic acids is 1. The molecule has 0 unspecified atom stereocenters. The van der Waals surface area contributed by atoms with Gasteiger partial charge in [0.1, 0.15) is 5.82 Å². The van der Waals surface area contributed by atoms with Gasteiger partial charge in [0.25, 0.3) is 5.91 Å². The van der Waals surface area contributed by atoms with E-state index in [0.717, 1.165) is 18.3 Å². The quantitative estimate of drug-likeness (QED) is 0.764. The second-order valence-corrected chi connectivity index (χ2v) is 4.68. The Balaban J connectivity index is 2.82. The van der Waals surface area contributed by atoms with Crippen LogP contribution in [0.3, 0.4) is 0 Å². The molecule has 1 aromatic rings. The van der Waals surface area contributed by atoms with Crippen LogP contribution in [-0.2, 0) is 0 Å². The van der Waals surface area contributed by atoms with Gasteiger partial charge in [0.15, 0.2) is 0 Å². The van der Waals surface area contributed by atoms with Crippen LogP contribution in [0.15, 0.2) is 18.2 Å². The zero-order valence-electron chi connectivity index (χ0n) is 10.2. The Morgan fingerprint density at radius 3 is 2.71 bits per heavy atom. The first-order valence-electron chi connectivity index (χ1n) is 5.71. The van der Waals surface area contributed by atoms with Crippen LogP contribution in [-0.4, -0.2) is 29.2 Å². The monoisotopic (exact) mass is 301 g/mol. The molecule has 0 aromatic heterocycles. The summed E-state index contributed by atoms with van der Waals surface area (Å²) in [4.78, 5) is 13.9. The molecule has 2 nitrogen and oxygen atoms in total. The van der Waals surface area contributed by atoms with Gasteiger partial charge >= 0.3 is 0 Å². The van der Waals surface area contributed by atoms with E-state index in [1.807, 2.05) is 6.92 Å². The molecule has 0 atom stereocenters. The van der Waals surface area contributed by atoms with Gasteiger partial charge in [-0.05, 0) is 44.0 Å². The van der Waals surface area contributed by atoms with Crippen LogP contribution < -0.4 is 0 Å². The fourth-order valence-electron chi connectivity index (χ4n) is 1.61. The predicted molar refractivity (Wildman–Crippen MR) is 71.1 cm³/mol. The van der Waals surface area contributed by atoms with E-state index >= 15 is 0 Å². The van der Waals surface area contributed by atoms with E-state index in [1.54, 1.807) is 24.0 Å². The van der Waals surface area contributed by atoms with Gasteiger partial charge in [-0.25, -0.2) is 4.39 Å². The van der Waals surface area contributed by atoms with Crippen molar-refractivity contribution in [2.45, 2.75) is 20.3 Å². The summed E-state index contributed by atoms with van der Waals surface area (Å²) in [6.07, 6.45) is 0.916. The zero-order chi connectivity index (χ0) is 12.8. The number of hydrogen-bond donors (Lipinski definition) is 0. The smallest absolute Gasteiger partial charge is 0.253 e. The van der Waals surface area contributed by atoms with E-state index in [0.29, 0.717) is 17.7 Å². The van der Waals surface area contributed by atoms with Crippen molar-refractivity contribution in [3.8, 4) is 0 Å². The number of benzene rings is 1. The third-order valence-electron chi connectivity index (χ3n) is 2.64.